The number of aryl methyl sites for hydroxylation is 1. The van der Waals surface area contributed by atoms with Crippen LogP contribution in [0.5, 0.6) is 0 Å². The van der Waals surface area contributed by atoms with Crippen LogP contribution >= 0.6 is 0 Å². The fraction of sp³-hybridized carbons (Fsp3) is 0.286. The van der Waals surface area contributed by atoms with E-state index in [-0.39, 0.29) is 24.4 Å². The molecular weight excluding hydrogens is 231 g/mol. The highest BCUT2D eigenvalue weighted by Crippen LogP contribution is 2.09. The molecule has 1 aromatic carbocycles. The van der Waals surface area contributed by atoms with E-state index in [1.54, 1.807) is 24.4 Å². The van der Waals surface area contributed by atoms with Crippen LogP contribution < -0.4 is 0 Å². The lowest BCUT2D eigenvalue weighted by Crippen LogP contribution is -2.12. The van der Waals surface area contributed by atoms with E-state index in [4.69, 9.17) is 0 Å². The summed E-state index contributed by atoms with van der Waals surface area (Å²) in [5, 5.41) is 0. The Labute approximate surface area is 105 Å². The van der Waals surface area contributed by atoms with E-state index in [9.17, 15) is 9.18 Å². The van der Waals surface area contributed by atoms with Crippen molar-refractivity contribution < 1.29 is 9.18 Å². The van der Waals surface area contributed by atoms with Gasteiger partial charge >= 0.3 is 0 Å². The molecule has 1 heterocycles. The Morgan fingerprint density at radius 1 is 1.33 bits per heavy atom. The summed E-state index contributed by atoms with van der Waals surface area (Å²) in [6, 6.07) is 6.36. The van der Waals surface area contributed by atoms with Gasteiger partial charge in [0, 0.05) is 25.4 Å². The second-order valence-electron chi connectivity index (χ2n) is 4.11. The molecule has 3 nitrogen and oxygen atoms in total. The number of carbonyl (C=O) groups is 1. The van der Waals surface area contributed by atoms with Crippen LogP contribution in [-0.4, -0.2) is 15.3 Å². The highest BCUT2D eigenvalue weighted by atomic mass is 19.1. The van der Waals surface area contributed by atoms with Gasteiger partial charge in [-0.3, -0.25) is 4.79 Å². The van der Waals surface area contributed by atoms with Crippen molar-refractivity contribution in [3.63, 3.8) is 0 Å². The molecular formula is C14H15FN2O. The number of aromatic nitrogens is 2. The van der Waals surface area contributed by atoms with Crippen LogP contribution in [0.25, 0.3) is 0 Å². The molecule has 0 aliphatic rings. The summed E-state index contributed by atoms with van der Waals surface area (Å²) >= 11 is 0. The van der Waals surface area contributed by atoms with Gasteiger partial charge in [-0.05, 0) is 18.6 Å². The molecule has 0 unspecified atom stereocenters. The van der Waals surface area contributed by atoms with Crippen LogP contribution in [0.4, 0.5) is 4.39 Å². The smallest absolute Gasteiger partial charge is 0.144 e. The van der Waals surface area contributed by atoms with E-state index in [1.165, 1.54) is 6.07 Å². The van der Waals surface area contributed by atoms with Gasteiger partial charge in [0.1, 0.15) is 17.4 Å². The molecule has 0 fully saturated rings. The van der Waals surface area contributed by atoms with E-state index in [0.29, 0.717) is 5.56 Å². The Bertz CT molecular complexity index is 548. The average Bonchev–Trinajstić information content (AvgIpc) is 2.79. The first-order valence-corrected chi connectivity index (χ1v) is 5.95. The van der Waals surface area contributed by atoms with Crippen molar-refractivity contribution in [2.45, 2.75) is 26.3 Å². The first kappa shape index (κ1) is 12.5. The van der Waals surface area contributed by atoms with Crippen molar-refractivity contribution in [3.8, 4) is 0 Å². The van der Waals surface area contributed by atoms with Crippen LogP contribution in [0.1, 0.15) is 18.3 Å². The zero-order chi connectivity index (χ0) is 13.0. The Kier molecular flexibility index (Phi) is 3.87. The van der Waals surface area contributed by atoms with Gasteiger partial charge in [0.15, 0.2) is 0 Å². The predicted molar refractivity (Wildman–Crippen MR) is 66.7 cm³/mol. The molecule has 0 aliphatic carbocycles. The van der Waals surface area contributed by atoms with Gasteiger partial charge in [0.2, 0.25) is 0 Å². The zero-order valence-electron chi connectivity index (χ0n) is 10.3. The van der Waals surface area contributed by atoms with Crippen molar-refractivity contribution >= 4 is 5.78 Å². The lowest BCUT2D eigenvalue weighted by molar-refractivity contribution is -0.118. The van der Waals surface area contributed by atoms with E-state index in [1.807, 2.05) is 17.7 Å². The van der Waals surface area contributed by atoms with Crippen LogP contribution in [0.3, 0.4) is 0 Å². The quantitative estimate of drug-likeness (QED) is 0.812. The lowest BCUT2D eigenvalue weighted by Gasteiger charge is -2.05. The molecule has 1 aromatic heterocycles. The lowest BCUT2D eigenvalue weighted by atomic mass is 10.1. The molecule has 18 heavy (non-hydrogen) atoms. The third-order valence-corrected chi connectivity index (χ3v) is 2.84. The highest BCUT2D eigenvalue weighted by molar-refractivity contribution is 5.82. The van der Waals surface area contributed by atoms with Crippen molar-refractivity contribution in [3.05, 3.63) is 53.9 Å². The van der Waals surface area contributed by atoms with Gasteiger partial charge in [0.25, 0.3) is 0 Å². The van der Waals surface area contributed by atoms with Crippen molar-refractivity contribution in [1.29, 1.82) is 0 Å². The van der Waals surface area contributed by atoms with Gasteiger partial charge < -0.3 is 4.57 Å². The topological polar surface area (TPSA) is 34.9 Å². The third kappa shape index (κ3) is 2.83. The summed E-state index contributed by atoms with van der Waals surface area (Å²) in [7, 11) is 0. The van der Waals surface area contributed by atoms with Crippen LogP contribution in [0, 0.1) is 5.82 Å². The first-order valence-electron chi connectivity index (χ1n) is 5.95. The molecule has 0 N–H and O–H groups in total. The summed E-state index contributed by atoms with van der Waals surface area (Å²) in [6.45, 7) is 2.77. The minimum atomic E-state index is -0.329. The number of imidazole rings is 1. The maximum absolute atomic E-state index is 13.4. The molecule has 0 radical (unpaired) electrons. The molecule has 0 bridgehead atoms. The normalized spacial score (nSPS) is 10.6. The minimum absolute atomic E-state index is 0.0269. The first-order chi connectivity index (χ1) is 8.70. The molecule has 0 spiro atoms. The van der Waals surface area contributed by atoms with Crippen molar-refractivity contribution in [1.82, 2.24) is 9.55 Å². The molecule has 0 amide bonds. The number of Topliss-reactive ketones (excluding diaryl/α,β-unsaturated/α-hetero) is 1. The van der Waals surface area contributed by atoms with E-state index < -0.39 is 0 Å². The Morgan fingerprint density at radius 2 is 2.11 bits per heavy atom. The average molecular weight is 246 g/mol. The predicted octanol–water partition coefficient (Wildman–Crippen LogP) is 2.40. The number of carbonyl (C=O) groups excluding carboxylic acids is 1. The number of rotatable bonds is 5. The Balaban J connectivity index is 2.04. The molecule has 2 rings (SSSR count). The van der Waals surface area contributed by atoms with Gasteiger partial charge in [-0.2, -0.15) is 0 Å². The van der Waals surface area contributed by atoms with Crippen LogP contribution in [0.15, 0.2) is 36.7 Å². The summed E-state index contributed by atoms with van der Waals surface area (Å²) < 4.78 is 15.3. The maximum Gasteiger partial charge on any atom is 0.144 e. The fourth-order valence-electron chi connectivity index (χ4n) is 1.89. The SMILES string of the molecule is CCn1ccnc1CC(=O)Cc1ccccc1F. The summed E-state index contributed by atoms with van der Waals surface area (Å²) in [5.74, 6) is 0.379. The molecule has 0 saturated heterocycles. The second kappa shape index (κ2) is 5.58. The number of ketones is 1. The van der Waals surface area contributed by atoms with Gasteiger partial charge in [-0.1, -0.05) is 18.2 Å². The molecule has 2 aromatic rings. The fourth-order valence-corrected chi connectivity index (χ4v) is 1.89. The summed E-state index contributed by atoms with van der Waals surface area (Å²) in [4.78, 5) is 16.0. The molecule has 0 aliphatic heterocycles. The Morgan fingerprint density at radius 3 is 2.83 bits per heavy atom. The van der Waals surface area contributed by atoms with Crippen LogP contribution in [0.2, 0.25) is 0 Å². The molecule has 94 valence electrons. The largest absolute Gasteiger partial charge is 0.335 e. The third-order valence-electron chi connectivity index (χ3n) is 2.84. The van der Waals surface area contributed by atoms with Gasteiger partial charge in [0.05, 0.1) is 6.42 Å². The second-order valence-corrected chi connectivity index (χ2v) is 4.11. The number of halogens is 1. The van der Waals surface area contributed by atoms with E-state index >= 15 is 0 Å². The van der Waals surface area contributed by atoms with Gasteiger partial charge in [-0.15, -0.1) is 0 Å². The molecule has 4 heteroatoms. The minimum Gasteiger partial charge on any atom is -0.335 e. The standard InChI is InChI=1S/C14H15FN2O/c1-2-17-8-7-16-14(17)10-12(18)9-11-5-3-4-6-13(11)15/h3-8H,2,9-10H2,1H3. The molecule has 0 saturated carbocycles. The van der Waals surface area contributed by atoms with E-state index in [2.05, 4.69) is 4.98 Å². The maximum atomic E-state index is 13.4. The monoisotopic (exact) mass is 246 g/mol. The van der Waals surface area contributed by atoms with Crippen molar-refractivity contribution in [2.75, 3.05) is 0 Å². The number of nitrogens with zero attached hydrogens (tertiary/aromatic N) is 2. The number of benzene rings is 1. The summed E-state index contributed by atoms with van der Waals surface area (Å²) in [5.41, 5.74) is 0.442. The molecule has 0 atom stereocenters. The zero-order valence-corrected chi connectivity index (χ0v) is 10.3. The number of hydrogen-bond donors (Lipinski definition) is 0. The number of hydrogen-bond acceptors (Lipinski definition) is 2. The van der Waals surface area contributed by atoms with Crippen molar-refractivity contribution in [2.24, 2.45) is 0 Å². The Hall–Kier alpha value is -1.97. The summed E-state index contributed by atoms with van der Waals surface area (Å²) in [6.07, 6.45) is 3.87. The van der Waals surface area contributed by atoms with Gasteiger partial charge in [-0.25, -0.2) is 9.37 Å². The van der Waals surface area contributed by atoms with E-state index in [0.717, 1.165) is 12.4 Å². The van der Waals surface area contributed by atoms with Crippen LogP contribution in [-0.2, 0) is 24.2 Å². The highest BCUT2D eigenvalue weighted by Gasteiger charge is 2.11.